The molecule has 1 rings (SSSR count). The number of ether oxygens (including phenoxy) is 1. The fourth-order valence-corrected chi connectivity index (χ4v) is 1.25. The number of carbonyl (C=O) groups excluding carboxylic acids is 1. The number of hydrogen-bond donors (Lipinski definition) is 1. The predicted octanol–water partition coefficient (Wildman–Crippen LogP) is 1.80. The van der Waals surface area contributed by atoms with Crippen LogP contribution in [0.25, 0.3) is 0 Å². The third kappa shape index (κ3) is 2.26. The summed E-state index contributed by atoms with van der Waals surface area (Å²) >= 11 is 0. The van der Waals surface area contributed by atoms with Crippen LogP contribution in [-0.2, 0) is 4.74 Å². The molecule has 0 fully saturated rings. The molecular weight excluding hydrogens is 220 g/mol. The Morgan fingerprint density at radius 3 is 2.69 bits per heavy atom. The maximum Gasteiger partial charge on any atom is 0.343 e. The summed E-state index contributed by atoms with van der Waals surface area (Å²) in [6.07, 6.45) is -2.01. The van der Waals surface area contributed by atoms with Crippen LogP contribution in [0, 0.1) is 6.92 Å². The SMILES string of the molecule is CCOC(=O)c1c(C)[nH]cc(C(F)F)c1=O. The normalized spacial score (nSPS) is 10.6. The molecule has 1 aromatic rings. The van der Waals surface area contributed by atoms with Gasteiger partial charge in [-0.1, -0.05) is 0 Å². The average Bonchev–Trinajstić information content (AvgIpc) is 2.17. The van der Waals surface area contributed by atoms with Crippen molar-refractivity contribution in [2.24, 2.45) is 0 Å². The van der Waals surface area contributed by atoms with E-state index in [4.69, 9.17) is 0 Å². The first-order chi connectivity index (χ1) is 7.49. The van der Waals surface area contributed by atoms with Crippen molar-refractivity contribution in [3.8, 4) is 0 Å². The van der Waals surface area contributed by atoms with Crippen LogP contribution in [0.15, 0.2) is 11.0 Å². The van der Waals surface area contributed by atoms with Gasteiger partial charge < -0.3 is 9.72 Å². The van der Waals surface area contributed by atoms with E-state index in [2.05, 4.69) is 9.72 Å². The Balaban J connectivity index is 3.32. The van der Waals surface area contributed by atoms with E-state index in [0.29, 0.717) is 0 Å². The molecule has 0 amide bonds. The molecule has 4 nitrogen and oxygen atoms in total. The summed E-state index contributed by atoms with van der Waals surface area (Å²) in [6, 6.07) is 0. The number of rotatable bonds is 3. The summed E-state index contributed by atoms with van der Waals surface area (Å²) in [5.41, 5.74) is -1.86. The first kappa shape index (κ1) is 12.4. The number of aromatic nitrogens is 1. The first-order valence-corrected chi connectivity index (χ1v) is 4.66. The van der Waals surface area contributed by atoms with Crippen LogP contribution in [0.4, 0.5) is 8.78 Å². The van der Waals surface area contributed by atoms with Crippen molar-refractivity contribution in [2.75, 3.05) is 6.61 Å². The van der Waals surface area contributed by atoms with Crippen LogP contribution in [0.2, 0.25) is 0 Å². The molecular formula is C10H11F2NO3. The van der Waals surface area contributed by atoms with E-state index in [9.17, 15) is 18.4 Å². The van der Waals surface area contributed by atoms with Crippen molar-refractivity contribution in [1.82, 2.24) is 4.98 Å². The summed E-state index contributed by atoms with van der Waals surface area (Å²) in [5.74, 6) is -0.885. The van der Waals surface area contributed by atoms with Gasteiger partial charge in [0, 0.05) is 11.9 Å². The van der Waals surface area contributed by atoms with Gasteiger partial charge in [-0.2, -0.15) is 0 Å². The third-order valence-corrected chi connectivity index (χ3v) is 2.02. The molecule has 0 atom stereocenters. The van der Waals surface area contributed by atoms with Crippen LogP contribution >= 0.6 is 0 Å². The molecule has 1 heterocycles. The van der Waals surface area contributed by atoms with Gasteiger partial charge in [0.05, 0.1) is 12.2 Å². The van der Waals surface area contributed by atoms with Crippen LogP contribution in [0.3, 0.4) is 0 Å². The molecule has 0 aromatic carbocycles. The van der Waals surface area contributed by atoms with Gasteiger partial charge in [-0.25, -0.2) is 13.6 Å². The number of hydrogen-bond acceptors (Lipinski definition) is 3. The third-order valence-electron chi connectivity index (χ3n) is 2.02. The molecule has 0 aliphatic carbocycles. The van der Waals surface area contributed by atoms with Crippen molar-refractivity contribution in [3.05, 3.63) is 33.2 Å². The van der Waals surface area contributed by atoms with E-state index in [1.54, 1.807) is 6.92 Å². The molecule has 88 valence electrons. The highest BCUT2D eigenvalue weighted by molar-refractivity contribution is 5.90. The van der Waals surface area contributed by atoms with E-state index in [1.165, 1.54) is 6.92 Å². The zero-order valence-corrected chi connectivity index (χ0v) is 8.84. The number of alkyl halides is 2. The first-order valence-electron chi connectivity index (χ1n) is 4.66. The van der Waals surface area contributed by atoms with Crippen molar-refractivity contribution in [3.63, 3.8) is 0 Å². The van der Waals surface area contributed by atoms with Crippen molar-refractivity contribution < 1.29 is 18.3 Å². The Hall–Kier alpha value is -1.72. The number of halogens is 2. The lowest BCUT2D eigenvalue weighted by molar-refractivity contribution is 0.0522. The van der Waals surface area contributed by atoms with Gasteiger partial charge in [0.15, 0.2) is 0 Å². The molecule has 0 aliphatic heterocycles. The van der Waals surface area contributed by atoms with Gasteiger partial charge in [-0.05, 0) is 13.8 Å². The second-order valence-corrected chi connectivity index (χ2v) is 3.09. The van der Waals surface area contributed by atoms with E-state index >= 15 is 0 Å². The van der Waals surface area contributed by atoms with Gasteiger partial charge in [-0.15, -0.1) is 0 Å². The average molecular weight is 231 g/mol. The minimum atomic E-state index is -2.92. The second-order valence-electron chi connectivity index (χ2n) is 3.09. The Morgan fingerprint density at radius 1 is 1.56 bits per heavy atom. The quantitative estimate of drug-likeness (QED) is 0.807. The lowest BCUT2D eigenvalue weighted by Gasteiger charge is -2.06. The van der Waals surface area contributed by atoms with Crippen LogP contribution in [-0.4, -0.2) is 17.6 Å². The minimum absolute atomic E-state index is 0.0800. The fourth-order valence-electron chi connectivity index (χ4n) is 1.25. The Bertz CT molecular complexity index is 454. The van der Waals surface area contributed by atoms with Crippen LogP contribution in [0.5, 0.6) is 0 Å². The minimum Gasteiger partial charge on any atom is -0.462 e. The van der Waals surface area contributed by atoms with E-state index in [-0.39, 0.29) is 17.9 Å². The van der Waals surface area contributed by atoms with Crippen molar-refractivity contribution in [1.29, 1.82) is 0 Å². The largest absolute Gasteiger partial charge is 0.462 e. The number of aryl methyl sites for hydroxylation is 1. The topological polar surface area (TPSA) is 59.2 Å². The number of esters is 1. The van der Waals surface area contributed by atoms with Gasteiger partial charge in [-0.3, -0.25) is 4.79 Å². The maximum absolute atomic E-state index is 12.4. The summed E-state index contributed by atoms with van der Waals surface area (Å²) in [5, 5.41) is 0. The van der Waals surface area contributed by atoms with E-state index in [1.807, 2.05) is 0 Å². The lowest BCUT2D eigenvalue weighted by atomic mass is 10.1. The molecule has 6 heteroatoms. The van der Waals surface area contributed by atoms with Crippen LogP contribution < -0.4 is 5.43 Å². The van der Waals surface area contributed by atoms with Crippen LogP contribution in [0.1, 0.15) is 35.0 Å². The highest BCUT2D eigenvalue weighted by Crippen LogP contribution is 2.15. The van der Waals surface area contributed by atoms with Gasteiger partial charge >= 0.3 is 5.97 Å². The zero-order chi connectivity index (χ0) is 12.3. The van der Waals surface area contributed by atoms with E-state index < -0.39 is 23.4 Å². The molecule has 0 spiro atoms. The van der Waals surface area contributed by atoms with Crippen molar-refractivity contribution >= 4 is 5.97 Å². The number of aromatic amines is 1. The molecule has 1 aromatic heterocycles. The molecule has 1 N–H and O–H groups in total. The monoisotopic (exact) mass is 231 g/mol. The fraction of sp³-hybridized carbons (Fsp3) is 0.400. The predicted molar refractivity (Wildman–Crippen MR) is 52.7 cm³/mol. The summed E-state index contributed by atoms with van der Waals surface area (Å²) in [7, 11) is 0. The van der Waals surface area contributed by atoms with Gasteiger partial charge in [0.2, 0.25) is 5.43 Å². The molecule has 16 heavy (non-hydrogen) atoms. The summed E-state index contributed by atoms with van der Waals surface area (Å²) in [4.78, 5) is 25.4. The molecule has 0 aliphatic rings. The highest BCUT2D eigenvalue weighted by Gasteiger charge is 2.21. The zero-order valence-electron chi connectivity index (χ0n) is 8.84. The lowest BCUT2D eigenvalue weighted by Crippen LogP contribution is -2.23. The Labute approximate surface area is 90.2 Å². The standard InChI is InChI=1S/C10H11F2NO3/c1-3-16-10(15)7-5(2)13-4-6(8(7)14)9(11)12/h4,9H,3H2,1-2H3,(H,13,14). The Morgan fingerprint density at radius 2 is 2.19 bits per heavy atom. The smallest absolute Gasteiger partial charge is 0.343 e. The van der Waals surface area contributed by atoms with Crippen molar-refractivity contribution in [2.45, 2.75) is 20.3 Å². The number of pyridine rings is 1. The number of nitrogens with one attached hydrogen (secondary N) is 1. The molecule has 0 saturated heterocycles. The van der Waals surface area contributed by atoms with Gasteiger partial charge in [0.25, 0.3) is 6.43 Å². The number of carbonyl (C=O) groups is 1. The van der Waals surface area contributed by atoms with Gasteiger partial charge in [0.1, 0.15) is 5.56 Å². The number of H-pyrrole nitrogens is 1. The second kappa shape index (κ2) is 4.87. The highest BCUT2D eigenvalue weighted by atomic mass is 19.3. The maximum atomic E-state index is 12.4. The molecule has 0 saturated carbocycles. The van der Waals surface area contributed by atoms with E-state index in [0.717, 1.165) is 6.20 Å². The Kier molecular flexibility index (Phi) is 3.76. The summed E-state index contributed by atoms with van der Waals surface area (Å²) < 4.78 is 29.5. The molecule has 0 unspecified atom stereocenters. The molecule has 0 bridgehead atoms. The molecule has 0 radical (unpaired) electrons. The summed E-state index contributed by atoms with van der Waals surface area (Å²) in [6.45, 7) is 3.10.